The molecule has 1 aromatic rings. The van der Waals surface area contributed by atoms with Gasteiger partial charge in [0, 0.05) is 24.9 Å². The molecule has 10 heteroatoms. The van der Waals surface area contributed by atoms with Gasteiger partial charge in [0.25, 0.3) is 0 Å². The highest BCUT2D eigenvalue weighted by molar-refractivity contribution is 8.00. The number of rotatable bonds is 3. The Balaban J connectivity index is 1.80. The third kappa shape index (κ3) is 3.34. The van der Waals surface area contributed by atoms with Gasteiger partial charge in [-0.3, -0.25) is 4.90 Å². The van der Waals surface area contributed by atoms with Crippen LogP contribution < -0.4 is 15.5 Å². The van der Waals surface area contributed by atoms with Crippen molar-refractivity contribution in [3.8, 4) is 0 Å². The lowest BCUT2D eigenvalue weighted by atomic mass is 10.3. The Hall–Kier alpha value is -1.62. The van der Waals surface area contributed by atoms with Crippen LogP contribution in [0.4, 0.5) is 20.7 Å². The number of amides is 1. The fraction of sp³-hybridized carbons (Fsp3) is 0.538. The molecular weight excluding hydrogens is 327 g/mol. The number of aromatic nitrogens is 1. The van der Waals surface area contributed by atoms with E-state index < -0.39 is 23.1 Å². The van der Waals surface area contributed by atoms with Crippen molar-refractivity contribution < 1.29 is 24.1 Å². The van der Waals surface area contributed by atoms with E-state index in [0.717, 1.165) is 11.8 Å². The number of halogens is 1. The number of nitrogens with zero attached hydrogens (tertiary/aromatic N) is 3. The van der Waals surface area contributed by atoms with E-state index >= 15 is 0 Å². The Bertz CT molecular complexity index is 618. The van der Waals surface area contributed by atoms with Crippen molar-refractivity contribution in [1.82, 2.24) is 4.98 Å². The molecule has 0 aliphatic carbocycles. The van der Waals surface area contributed by atoms with Crippen LogP contribution >= 0.6 is 11.8 Å². The number of carbonyl (C=O) groups is 1. The zero-order chi connectivity index (χ0) is 16.6. The maximum atomic E-state index is 14.4. The first kappa shape index (κ1) is 16.2. The van der Waals surface area contributed by atoms with Gasteiger partial charge in [-0.1, -0.05) is 11.8 Å². The first-order valence-electron chi connectivity index (χ1n) is 7.07. The Labute approximate surface area is 136 Å². The number of anilines is 2. The summed E-state index contributed by atoms with van der Waals surface area (Å²) in [6.07, 6.45) is 0.346. The average molecular weight is 344 g/mol. The third-order valence-corrected chi connectivity index (χ3v) is 4.62. The molecule has 23 heavy (non-hydrogen) atoms. The Morgan fingerprint density at radius 2 is 2.35 bits per heavy atom. The number of carbonyl (C=O) groups excluding carboxylic acids is 1. The number of thioether (sulfide) groups is 1. The predicted octanol–water partition coefficient (Wildman–Crippen LogP) is -0.304. The SMILES string of the molecule is NC[C@H]1CN(c2cnc(N3CCSC(O)(O)C3)c(F)c2)C(=O)O1. The van der Waals surface area contributed by atoms with Gasteiger partial charge < -0.3 is 25.6 Å². The summed E-state index contributed by atoms with van der Waals surface area (Å²) >= 11 is 0.989. The molecule has 126 valence electrons. The lowest BCUT2D eigenvalue weighted by Gasteiger charge is -2.35. The molecule has 0 aromatic carbocycles. The molecule has 4 N–H and O–H groups in total. The van der Waals surface area contributed by atoms with E-state index in [1.165, 1.54) is 22.1 Å². The molecule has 2 fully saturated rings. The molecule has 2 aliphatic heterocycles. The number of pyridine rings is 1. The van der Waals surface area contributed by atoms with Crippen LogP contribution in [-0.2, 0) is 4.74 Å². The molecule has 3 heterocycles. The summed E-state index contributed by atoms with van der Waals surface area (Å²) in [7, 11) is 0. The van der Waals surface area contributed by atoms with Crippen LogP contribution in [0, 0.1) is 5.82 Å². The second-order valence-electron chi connectivity index (χ2n) is 5.36. The maximum Gasteiger partial charge on any atom is 0.414 e. The van der Waals surface area contributed by atoms with E-state index in [4.69, 9.17) is 10.5 Å². The normalized spacial score (nSPS) is 24.0. The molecule has 3 rings (SSSR count). The summed E-state index contributed by atoms with van der Waals surface area (Å²) < 4.78 is 19.4. The lowest BCUT2D eigenvalue weighted by molar-refractivity contribution is -0.0699. The first-order chi connectivity index (χ1) is 10.9. The Morgan fingerprint density at radius 3 is 2.96 bits per heavy atom. The molecule has 2 saturated heterocycles. The van der Waals surface area contributed by atoms with Gasteiger partial charge in [-0.2, -0.15) is 0 Å². The van der Waals surface area contributed by atoms with Crippen LogP contribution in [0.3, 0.4) is 0 Å². The van der Waals surface area contributed by atoms with Crippen molar-refractivity contribution in [3.63, 3.8) is 0 Å². The third-order valence-electron chi connectivity index (χ3n) is 3.65. The molecule has 1 amide bonds. The number of nitrogens with two attached hydrogens (primary N) is 1. The fourth-order valence-electron chi connectivity index (χ4n) is 2.53. The van der Waals surface area contributed by atoms with Crippen molar-refractivity contribution in [3.05, 3.63) is 18.1 Å². The van der Waals surface area contributed by atoms with Crippen LogP contribution in [0.25, 0.3) is 0 Å². The van der Waals surface area contributed by atoms with Crippen molar-refractivity contribution >= 4 is 29.4 Å². The molecule has 1 atom stereocenters. The zero-order valence-electron chi connectivity index (χ0n) is 12.2. The van der Waals surface area contributed by atoms with Gasteiger partial charge in [0.05, 0.1) is 25.0 Å². The van der Waals surface area contributed by atoms with E-state index in [-0.39, 0.29) is 31.1 Å². The monoisotopic (exact) mass is 344 g/mol. The summed E-state index contributed by atoms with van der Waals surface area (Å²) in [5.41, 5.74) is 5.74. The number of β-amino-alcohol motifs (C(OH)–C–C–N with tert-alkyl or cyclic N) is 2. The first-order valence-corrected chi connectivity index (χ1v) is 8.05. The highest BCUT2D eigenvalue weighted by Gasteiger charge is 2.35. The van der Waals surface area contributed by atoms with Crippen molar-refractivity contribution in [2.75, 3.05) is 41.7 Å². The van der Waals surface area contributed by atoms with Crippen LogP contribution in [0.5, 0.6) is 0 Å². The van der Waals surface area contributed by atoms with Crippen molar-refractivity contribution in [1.29, 1.82) is 0 Å². The molecule has 0 spiro atoms. The van der Waals surface area contributed by atoms with E-state index in [0.29, 0.717) is 12.3 Å². The van der Waals surface area contributed by atoms with Crippen molar-refractivity contribution in [2.45, 2.75) is 11.2 Å². The Kier molecular flexibility index (Phi) is 4.32. The molecule has 1 aromatic heterocycles. The summed E-state index contributed by atoms with van der Waals surface area (Å²) in [6, 6.07) is 1.18. The van der Waals surface area contributed by atoms with Gasteiger partial charge in [0.1, 0.15) is 6.10 Å². The number of cyclic esters (lactones) is 1. The quantitative estimate of drug-likeness (QED) is 0.641. The number of hydrogen-bond donors (Lipinski definition) is 3. The highest BCUT2D eigenvalue weighted by atomic mass is 32.2. The van der Waals surface area contributed by atoms with Gasteiger partial charge in [0.2, 0.25) is 5.12 Å². The molecule has 2 aliphatic rings. The number of ether oxygens (including phenoxy) is 1. The molecular formula is C13H17FN4O4S. The highest BCUT2D eigenvalue weighted by Crippen LogP contribution is 2.31. The summed E-state index contributed by atoms with van der Waals surface area (Å²) in [4.78, 5) is 18.5. The average Bonchev–Trinajstić information content (AvgIpc) is 2.87. The molecule has 0 unspecified atom stereocenters. The molecule has 0 radical (unpaired) electrons. The lowest BCUT2D eigenvalue weighted by Crippen LogP contribution is -2.47. The number of hydrogen-bond acceptors (Lipinski definition) is 8. The standard InChI is InChI=1S/C13H17FN4O4S/c14-10-3-8(18-6-9(4-15)22-12(18)19)5-16-11(10)17-1-2-23-13(20,21)7-17/h3,5,9,20-21H,1-2,4,6-7,15H2/t9-/m0/s1. The predicted molar refractivity (Wildman–Crippen MR) is 82.7 cm³/mol. The van der Waals surface area contributed by atoms with Crippen LogP contribution in [0.15, 0.2) is 12.3 Å². The maximum absolute atomic E-state index is 14.4. The van der Waals surface area contributed by atoms with E-state index in [9.17, 15) is 19.4 Å². The van der Waals surface area contributed by atoms with E-state index in [1.54, 1.807) is 0 Å². The molecule has 0 bridgehead atoms. The van der Waals surface area contributed by atoms with Gasteiger partial charge in [0.15, 0.2) is 11.6 Å². The fourth-order valence-corrected chi connectivity index (χ4v) is 3.42. The minimum absolute atomic E-state index is 0.0180. The largest absolute Gasteiger partial charge is 0.443 e. The summed E-state index contributed by atoms with van der Waals surface area (Å²) in [5, 5.41) is 17.4. The van der Waals surface area contributed by atoms with E-state index in [2.05, 4.69) is 4.98 Å². The molecule has 8 nitrogen and oxygen atoms in total. The van der Waals surface area contributed by atoms with Gasteiger partial charge >= 0.3 is 6.09 Å². The Morgan fingerprint density at radius 1 is 1.57 bits per heavy atom. The van der Waals surface area contributed by atoms with Gasteiger partial charge in [-0.05, 0) is 0 Å². The van der Waals surface area contributed by atoms with Gasteiger partial charge in [-0.25, -0.2) is 14.2 Å². The topological polar surface area (TPSA) is 112 Å². The zero-order valence-corrected chi connectivity index (χ0v) is 13.0. The minimum Gasteiger partial charge on any atom is -0.443 e. The van der Waals surface area contributed by atoms with Gasteiger partial charge in [-0.15, -0.1) is 0 Å². The van der Waals surface area contributed by atoms with Crippen molar-refractivity contribution in [2.24, 2.45) is 5.73 Å². The number of aliphatic hydroxyl groups is 2. The van der Waals surface area contributed by atoms with Crippen LogP contribution in [0.2, 0.25) is 0 Å². The van der Waals surface area contributed by atoms with Crippen LogP contribution in [0.1, 0.15) is 0 Å². The smallest absolute Gasteiger partial charge is 0.414 e. The summed E-state index contributed by atoms with van der Waals surface area (Å²) in [6.45, 7) is 0.725. The minimum atomic E-state index is -1.93. The molecule has 0 saturated carbocycles. The van der Waals surface area contributed by atoms with Crippen LogP contribution in [-0.4, -0.2) is 64.4 Å². The van der Waals surface area contributed by atoms with E-state index in [1.807, 2.05) is 0 Å². The summed E-state index contributed by atoms with van der Waals surface area (Å²) in [5.74, 6) is -0.189. The second-order valence-corrected chi connectivity index (χ2v) is 6.71. The second kappa shape index (κ2) is 6.11.